The number of imidazole rings is 1. The number of aryl methyl sites for hydroxylation is 1. The van der Waals surface area contributed by atoms with Crippen LogP contribution in [0.1, 0.15) is 24.0 Å². The van der Waals surface area contributed by atoms with Gasteiger partial charge >= 0.3 is 5.69 Å². The second-order valence-corrected chi connectivity index (χ2v) is 8.08. The second kappa shape index (κ2) is 8.98. The summed E-state index contributed by atoms with van der Waals surface area (Å²) < 4.78 is 9.47. The van der Waals surface area contributed by atoms with Gasteiger partial charge in [0.05, 0.1) is 31.3 Å². The number of methoxy groups -OCH3 is 1. The van der Waals surface area contributed by atoms with Crippen LogP contribution in [0.4, 0.5) is 5.95 Å². The van der Waals surface area contributed by atoms with Gasteiger partial charge in [0.1, 0.15) is 0 Å². The highest BCUT2D eigenvalue weighted by atomic mass is 16.5. The maximum atomic E-state index is 13.5. The van der Waals surface area contributed by atoms with Crippen LogP contribution in [0.25, 0.3) is 11.2 Å². The summed E-state index contributed by atoms with van der Waals surface area (Å²) in [6, 6.07) is 9.49. The fraction of sp³-hybridized carbons (Fsp3) is 0.455. The van der Waals surface area contributed by atoms with Crippen LogP contribution in [0.5, 0.6) is 0 Å². The fourth-order valence-electron chi connectivity index (χ4n) is 4.26. The molecule has 0 spiro atoms. The number of piperidine rings is 1. The third kappa shape index (κ3) is 3.81. The van der Waals surface area contributed by atoms with Crippen LogP contribution in [0.3, 0.4) is 0 Å². The third-order valence-corrected chi connectivity index (χ3v) is 5.94. The number of hydrogen-bond acceptors (Lipinski definition) is 7. The Hall–Kier alpha value is -3.42. The Morgan fingerprint density at radius 3 is 2.78 bits per heavy atom. The van der Waals surface area contributed by atoms with E-state index in [1.165, 1.54) is 16.2 Å². The largest absolute Gasteiger partial charge is 0.383 e. The lowest BCUT2D eigenvalue weighted by Crippen LogP contribution is -2.44. The van der Waals surface area contributed by atoms with E-state index in [2.05, 4.69) is 11.0 Å². The number of nitrogens with zero attached hydrogens (tertiary/aromatic N) is 6. The van der Waals surface area contributed by atoms with Gasteiger partial charge in [0.2, 0.25) is 5.95 Å². The van der Waals surface area contributed by atoms with E-state index in [4.69, 9.17) is 15.5 Å². The smallest absolute Gasteiger partial charge is 0.332 e. The van der Waals surface area contributed by atoms with Gasteiger partial charge in [0.15, 0.2) is 11.2 Å². The molecule has 2 N–H and O–H groups in total. The molecule has 10 heteroatoms. The van der Waals surface area contributed by atoms with Gasteiger partial charge in [-0.2, -0.15) is 10.2 Å². The average molecular weight is 438 g/mol. The normalized spacial score (nSPS) is 16.4. The van der Waals surface area contributed by atoms with Crippen molar-refractivity contribution in [2.24, 2.45) is 12.8 Å². The molecule has 1 saturated heterocycles. The number of anilines is 1. The zero-order valence-corrected chi connectivity index (χ0v) is 18.3. The minimum atomic E-state index is -0.441. The van der Waals surface area contributed by atoms with E-state index < -0.39 is 11.2 Å². The minimum absolute atomic E-state index is 0.00517. The molecule has 0 amide bonds. The number of fused-ring (bicyclic) bond motifs is 1. The highest BCUT2D eigenvalue weighted by Gasteiger charge is 2.26. The molecule has 1 fully saturated rings. The predicted octanol–water partition coefficient (Wildman–Crippen LogP) is 0.391. The molecule has 1 atom stereocenters. The second-order valence-electron chi connectivity index (χ2n) is 8.08. The number of nitriles is 1. The maximum absolute atomic E-state index is 13.5. The number of rotatable bonds is 6. The first kappa shape index (κ1) is 21.8. The molecular weight excluding hydrogens is 410 g/mol. The molecule has 1 aromatic carbocycles. The summed E-state index contributed by atoms with van der Waals surface area (Å²) >= 11 is 0. The molecule has 10 nitrogen and oxygen atoms in total. The molecule has 1 unspecified atom stereocenters. The van der Waals surface area contributed by atoms with Gasteiger partial charge in [-0.3, -0.25) is 18.5 Å². The van der Waals surface area contributed by atoms with Crippen LogP contribution in [0.2, 0.25) is 0 Å². The van der Waals surface area contributed by atoms with Gasteiger partial charge in [-0.1, -0.05) is 18.2 Å². The molecule has 0 bridgehead atoms. The SMILES string of the molecule is COCCn1c(=O)c2c(nc(N3CCCC(N)C3)n2Cc2ccccc2C#N)n(C)c1=O. The number of ether oxygens (including phenoxy) is 1. The van der Waals surface area contributed by atoms with Crippen molar-refractivity contribution in [3.8, 4) is 6.07 Å². The summed E-state index contributed by atoms with van der Waals surface area (Å²) in [6.45, 7) is 2.01. The molecule has 4 rings (SSSR count). The highest BCUT2D eigenvalue weighted by Crippen LogP contribution is 2.25. The van der Waals surface area contributed by atoms with Crippen LogP contribution in [-0.2, 0) is 24.9 Å². The molecule has 32 heavy (non-hydrogen) atoms. The van der Waals surface area contributed by atoms with Crippen LogP contribution in [0.15, 0.2) is 33.9 Å². The van der Waals surface area contributed by atoms with Gasteiger partial charge in [0, 0.05) is 33.3 Å². The molecule has 2 aromatic heterocycles. The standard InChI is InChI=1S/C22H27N7O3/c1-26-19-18(20(30)28(22(26)31)10-11-32-2)29(13-16-7-4-3-6-15(16)12-23)21(25-19)27-9-5-8-17(24)14-27/h3-4,6-7,17H,5,8-11,13-14,24H2,1-2H3. The quantitative estimate of drug-likeness (QED) is 0.591. The molecule has 0 radical (unpaired) electrons. The Bertz CT molecular complexity index is 1300. The summed E-state index contributed by atoms with van der Waals surface area (Å²) in [5, 5.41) is 9.56. The lowest BCUT2D eigenvalue weighted by molar-refractivity contribution is 0.184. The monoisotopic (exact) mass is 437 g/mol. The van der Waals surface area contributed by atoms with E-state index in [0.717, 1.165) is 24.9 Å². The number of aromatic nitrogens is 4. The van der Waals surface area contributed by atoms with Gasteiger partial charge in [-0.05, 0) is 24.5 Å². The fourth-order valence-corrected chi connectivity index (χ4v) is 4.26. The van der Waals surface area contributed by atoms with Gasteiger partial charge in [-0.15, -0.1) is 0 Å². The first-order valence-corrected chi connectivity index (χ1v) is 10.6. The minimum Gasteiger partial charge on any atom is -0.383 e. The Morgan fingerprint density at radius 2 is 2.06 bits per heavy atom. The Balaban J connectivity index is 1.97. The first-order valence-electron chi connectivity index (χ1n) is 10.6. The number of benzene rings is 1. The lowest BCUT2D eigenvalue weighted by atomic mass is 10.1. The molecule has 1 aliphatic heterocycles. The lowest BCUT2D eigenvalue weighted by Gasteiger charge is -2.32. The Morgan fingerprint density at radius 1 is 1.28 bits per heavy atom. The van der Waals surface area contributed by atoms with Crippen LogP contribution in [0, 0.1) is 11.3 Å². The van der Waals surface area contributed by atoms with Crippen molar-refractivity contribution in [3.63, 3.8) is 0 Å². The van der Waals surface area contributed by atoms with Gasteiger partial charge < -0.3 is 15.4 Å². The molecule has 3 heterocycles. The van der Waals surface area contributed by atoms with Crippen molar-refractivity contribution in [2.75, 3.05) is 31.7 Å². The topological polar surface area (TPSA) is 124 Å². The van der Waals surface area contributed by atoms with E-state index in [0.29, 0.717) is 29.2 Å². The van der Waals surface area contributed by atoms with E-state index in [-0.39, 0.29) is 25.7 Å². The zero-order valence-electron chi connectivity index (χ0n) is 18.3. The molecule has 0 saturated carbocycles. The average Bonchev–Trinajstić information content (AvgIpc) is 3.17. The number of nitrogens with two attached hydrogens (primary N) is 1. The third-order valence-electron chi connectivity index (χ3n) is 5.94. The van der Waals surface area contributed by atoms with Gasteiger partial charge in [0.25, 0.3) is 5.56 Å². The Labute approximate surface area is 185 Å². The zero-order chi connectivity index (χ0) is 22.8. The van der Waals surface area contributed by atoms with E-state index >= 15 is 0 Å². The van der Waals surface area contributed by atoms with E-state index in [1.807, 2.05) is 16.7 Å². The van der Waals surface area contributed by atoms with Gasteiger partial charge in [-0.25, -0.2) is 4.79 Å². The molecule has 0 aliphatic carbocycles. The van der Waals surface area contributed by atoms with Crippen molar-refractivity contribution in [2.45, 2.75) is 32.0 Å². The molecule has 168 valence electrons. The van der Waals surface area contributed by atoms with Crippen LogP contribution >= 0.6 is 0 Å². The van der Waals surface area contributed by atoms with Crippen molar-refractivity contribution >= 4 is 17.1 Å². The molecular formula is C22H27N7O3. The highest BCUT2D eigenvalue weighted by molar-refractivity contribution is 5.75. The Kier molecular flexibility index (Phi) is 6.12. The summed E-state index contributed by atoms with van der Waals surface area (Å²) in [5.74, 6) is 0.583. The van der Waals surface area contributed by atoms with Crippen molar-refractivity contribution < 1.29 is 4.74 Å². The van der Waals surface area contributed by atoms with Crippen molar-refractivity contribution in [1.82, 2.24) is 18.7 Å². The van der Waals surface area contributed by atoms with Crippen molar-refractivity contribution in [1.29, 1.82) is 5.26 Å². The summed E-state index contributed by atoms with van der Waals surface area (Å²) in [5.41, 5.74) is 7.29. The summed E-state index contributed by atoms with van der Waals surface area (Å²) in [4.78, 5) is 33.1. The van der Waals surface area contributed by atoms with E-state index in [9.17, 15) is 14.9 Å². The first-order chi connectivity index (χ1) is 15.5. The van der Waals surface area contributed by atoms with Crippen molar-refractivity contribution in [3.05, 3.63) is 56.2 Å². The molecule has 3 aromatic rings. The predicted molar refractivity (Wildman–Crippen MR) is 121 cm³/mol. The summed E-state index contributed by atoms with van der Waals surface area (Å²) in [6.07, 6.45) is 1.84. The van der Waals surface area contributed by atoms with Crippen LogP contribution in [-0.4, -0.2) is 51.5 Å². The molecule has 1 aliphatic rings. The summed E-state index contributed by atoms with van der Waals surface area (Å²) in [7, 11) is 3.13. The van der Waals surface area contributed by atoms with E-state index in [1.54, 1.807) is 19.2 Å². The maximum Gasteiger partial charge on any atom is 0.332 e. The van der Waals surface area contributed by atoms with Crippen LogP contribution < -0.4 is 21.9 Å². The number of hydrogen-bond donors (Lipinski definition) is 1.